The highest BCUT2D eigenvalue weighted by Gasteiger charge is 2.27. The van der Waals surface area contributed by atoms with Crippen molar-refractivity contribution in [1.82, 2.24) is 9.62 Å². The molecule has 0 aliphatic carbocycles. The van der Waals surface area contributed by atoms with Crippen LogP contribution in [0.3, 0.4) is 0 Å². The number of nitrogens with one attached hydrogen (secondary N) is 1. The van der Waals surface area contributed by atoms with Crippen molar-refractivity contribution in [2.45, 2.75) is 51.3 Å². The molecule has 1 rings (SSSR count). The molecule has 0 aromatic carbocycles. The Morgan fingerprint density at radius 2 is 1.90 bits per heavy atom. The number of rotatable bonds is 9. The van der Waals surface area contributed by atoms with E-state index in [-0.39, 0.29) is 0 Å². The highest BCUT2D eigenvalue weighted by Crippen LogP contribution is 2.29. The van der Waals surface area contributed by atoms with Crippen molar-refractivity contribution in [3.05, 3.63) is 16.5 Å². The first kappa shape index (κ1) is 18.6. The van der Waals surface area contributed by atoms with Gasteiger partial charge in [-0.25, -0.2) is 8.42 Å². The second-order valence-electron chi connectivity index (χ2n) is 5.34. The van der Waals surface area contributed by atoms with Gasteiger partial charge in [-0.1, -0.05) is 33.6 Å². The number of sulfonamides is 1. The molecule has 1 heterocycles. The number of thiophene rings is 1. The number of hydrogen-bond acceptors (Lipinski definition) is 4. The number of aryl methyl sites for hydroxylation is 1. The Labute approximate surface area is 133 Å². The van der Waals surface area contributed by atoms with Gasteiger partial charge in [0, 0.05) is 24.5 Å². The van der Waals surface area contributed by atoms with E-state index in [0.29, 0.717) is 29.8 Å². The van der Waals surface area contributed by atoms with Crippen molar-refractivity contribution in [2.75, 3.05) is 20.1 Å². The molecule has 0 unspecified atom stereocenters. The van der Waals surface area contributed by atoms with Crippen molar-refractivity contribution in [2.24, 2.45) is 5.92 Å². The van der Waals surface area contributed by atoms with E-state index in [1.807, 2.05) is 27.0 Å². The summed E-state index contributed by atoms with van der Waals surface area (Å²) < 4.78 is 27.7. The molecule has 6 heteroatoms. The van der Waals surface area contributed by atoms with Gasteiger partial charge in [-0.3, -0.25) is 0 Å². The van der Waals surface area contributed by atoms with Crippen molar-refractivity contribution in [3.63, 3.8) is 0 Å². The van der Waals surface area contributed by atoms with E-state index in [0.717, 1.165) is 23.3 Å². The molecule has 4 nitrogen and oxygen atoms in total. The Bertz CT molecular complexity index is 534. The molecule has 0 amide bonds. The molecule has 0 fully saturated rings. The summed E-state index contributed by atoms with van der Waals surface area (Å²) in [5, 5.41) is 3.09. The summed E-state index contributed by atoms with van der Waals surface area (Å²) in [5.41, 5.74) is 1.05. The van der Waals surface area contributed by atoms with Crippen LogP contribution < -0.4 is 5.32 Å². The van der Waals surface area contributed by atoms with Crippen LogP contribution in [0.2, 0.25) is 0 Å². The zero-order valence-electron chi connectivity index (χ0n) is 13.8. The zero-order valence-corrected chi connectivity index (χ0v) is 15.4. The number of nitrogens with zero attached hydrogens (tertiary/aromatic N) is 1. The Balaban J connectivity index is 3.04. The third kappa shape index (κ3) is 4.52. The SMILES string of the molecule is CCC(CC)CN(CC)S(=O)(=O)c1cc(C)c(CNC)s1. The van der Waals surface area contributed by atoms with Crippen LogP contribution in [0, 0.1) is 12.8 Å². The topological polar surface area (TPSA) is 49.4 Å². The molecular formula is C15H28N2O2S2. The quantitative estimate of drug-likeness (QED) is 0.755. The Kier molecular flexibility index (Phi) is 7.33. The van der Waals surface area contributed by atoms with Crippen LogP contribution in [0.15, 0.2) is 10.3 Å². The van der Waals surface area contributed by atoms with Gasteiger partial charge in [-0.2, -0.15) is 4.31 Å². The van der Waals surface area contributed by atoms with E-state index >= 15 is 0 Å². The fraction of sp³-hybridized carbons (Fsp3) is 0.733. The van der Waals surface area contributed by atoms with Gasteiger partial charge in [-0.05, 0) is 31.5 Å². The van der Waals surface area contributed by atoms with Gasteiger partial charge >= 0.3 is 0 Å². The second-order valence-corrected chi connectivity index (χ2v) is 8.64. The second kappa shape index (κ2) is 8.27. The Morgan fingerprint density at radius 1 is 1.29 bits per heavy atom. The molecule has 122 valence electrons. The van der Waals surface area contributed by atoms with E-state index < -0.39 is 10.0 Å². The van der Waals surface area contributed by atoms with Gasteiger partial charge in [0.05, 0.1) is 0 Å². The molecule has 0 radical (unpaired) electrons. The number of hydrogen-bond donors (Lipinski definition) is 1. The van der Waals surface area contributed by atoms with E-state index in [1.165, 1.54) is 11.3 Å². The predicted molar refractivity (Wildman–Crippen MR) is 90.3 cm³/mol. The molecule has 0 atom stereocenters. The molecule has 0 saturated carbocycles. The minimum atomic E-state index is -3.36. The molecule has 1 N–H and O–H groups in total. The van der Waals surface area contributed by atoms with Crippen LogP contribution in [-0.2, 0) is 16.6 Å². The fourth-order valence-electron chi connectivity index (χ4n) is 2.31. The average Bonchev–Trinajstić information content (AvgIpc) is 2.82. The van der Waals surface area contributed by atoms with E-state index in [1.54, 1.807) is 4.31 Å². The van der Waals surface area contributed by atoms with Crippen molar-refractivity contribution in [1.29, 1.82) is 0 Å². The first-order chi connectivity index (χ1) is 9.90. The van der Waals surface area contributed by atoms with E-state index in [9.17, 15) is 8.42 Å². The Morgan fingerprint density at radius 3 is 2.38 bits per heavy atom. The lowest BCUT2D eigenvalue weighted by atomic mass is 10.0. The lowest BCUT2D eigenvalue weighted by molar-refractivity contribution is 0.340. The molecule has 21 heavy (non-hydrogen) atoms. The van der Waals surface area contributed by atoms with E-state index in [2.05, 4.69) is 19.2 Å². The molecular weight excluding hydrogens is 304 g/mol. The molecule has 0 aliphatic rings. The highest BCUT2D eigenvalue weighted by molar-refractivity contribution is 7.91. The van der Waals surface area contributed by atoms with Crippen molar-refractivity contribution < 1.29 is 8.42 Å². The van der Waals surface area contributed by atoms with Gasteiger partial charge in [0.15, 0.2) is 0 Å². The molecule has 0 spiro atoms. The standard InChI is InChI=1S/C15H28N2O2S2/c1-6-13(7-2)11-17(8-3)21(18,19)15-9-12(4)14(20-15)10-16-5/h9,13,16H,6-8,10-11H2,1-5H3. The zero-order chi connectivity index (χ0) is 16.0. The van der Waals surface area contributed by atoms with Crippen LogP contribution in [0.1, 0.15) is 44.1 Å². The largest absolute Gasteiger partial charge is 0.315 e. The molecule has 0 aliphatic heterocycles. The summed E-state index contributed by atoms with van der Waals surface area (Å²) in [5.74, 6) is 0.428. The van der Waals surface area contributed by atoms with Gasteiger partial charge < -0.3 is 5.32 Å². The summed E-state index contributed by atoms with van der Waals surface area (Å²) in [7, 11) is -1.49. The monoisotopic (exact) mass is 332 g/mol. The fourth-order valence-corrected chi connectivity index (χ4v) is 5.59. The van der Waals surface area contributed by atoms with Crippen LogP contribution in [0.4, 0.5) is 0 Å². The highest BCUT2D eigenvalue weighted by atomic mass is 32.2. The maximum absolute atomic E-state index is 12.8. The predicted octanol–water partition coefficient (Wildman–Crippen LogP) is 3.22. The third-order valence-corrected chi connectivity index (χ3v) is 7.53. The lowest BCUT2D eigenvalue weighted by Gasteiger charge is -2.24. The van der Waals surface area contributed by atoms with Crippen molar-refractivity contribution in [3.8, 4) is 0 Å². The average molecular weight is 333 g/mol. The molecule has 1 aromatic heterocycles. The molecule has 0 saturated heterocycles. The third-order valence-electron chi connectivity index (χ3n) is 3.90. The summed E-state index contributed by atoms with van der Waals surface area (Å²) in [6.45, 7) is 9.98. The Hall–Kier alpha value is -0.430. The van der Waals surface area contributed by atoms with Gasteiger partial charge in [0.2, 0.25) is 0 Å². The summed E-state index contributed by atoms with van der Waals surface area (Å²) in [4.78, 5) is 1.09. The van der Waals surface area contributed by atoms with E-state index in [4.69, 9.17) is 0 Å². The first-order valence-electron chi connectivity index (χ1n) is 7.64. The maximum atomic E-state index is 12.8. The lowest BCUT2D eigenvalue weighted by Crippen LogP contribution is -2.34. The summed E-state index contributed by atoms with van der Waals surface area (Å²) in [6, 6.07) is 1.81. The van der Waals surface area contributed by atoms with Crippen molar-refractivity contribution >= 4 is 21.4 Å². The van der Waals surface area contributed by atoms with Crippen LogP contribution in [0.25, 0.3) is 0 Å². The normalized spacial score (nSPS) is 12.5. The minimum absolute atomic E-state index is 0.428. The minimum Gasteiger partial charge on any atom is -0.315 e. The van der Waals surface area contributed by atoms with Gasteiger partial charge in [0.25, 0.3) is 10.0 Å². The van der Waals surface area contributed by atoms with Crippen LogP contribution >= 0.6 is 11.3 Å². The summed E-state index contributed by atoms with van der Waals surface area (Å²) >= 11 is 1.38. The maximum Gasteiger partial charge on any atom is 0.252 e. The first-order valence-corrected chi connectivity index (χ1v) is 9.90. The van der Waals surface area contributed by atoms with Gasteiger partial charge in [0.1, 0.15) is 4.21 Å². The molecule has 0 bridgehead atoms. The smallest absolute Gasteiger partial charge is 0.252 e. The van der Waals surface area contributed by atoms with Crippen LogP contribution in [0.5, 0.6) is 0 Å². The van der Waals surface area contributed by atoms with Crippen LogP contribution in [-0.4, -0.2) is 32.9 Å². The summed E-state index contributed by atoms with van der Waals surface area (Å²) in [6.07, 6.45) is 2.02. The molecule has 1 aromatic rings. The van der Waals surface area contributed by atoms with Gasteiger partial charge in [-0.15, -0.1) is 11.3 Å².